The number of fused-ring (bicyclic) bond motifs is 1. The number of likely N-dealkylation sites (tertiary alicyclic amines) is 1. The molecule has 1 amide bonds. The van der Waals surface area contributed by atoms with Crippen LogP contribution in [0.15, 0.2) is 72.6 Å². The molecule has 0 aliphatic carbocycles. The Morgan fingerprint density at radius 2 is 1.78 bits per heavy atom. The third-order valence-corrected chi connectivity index (χ3v) is 6.11. The Hall–Kier alpha value is -4.66. The van der Waals surface area contributed by atoms with Gasteiger partial charge in [0, 0.05) is 17.2 Å². The monoisotopic (exact) mass is 486 g/mol. The number of ketones is 1. The number of methoxy groups -OCH3 is 1. The molecule has 3 aromatic rings. The fourth-order valence-electron chi connectivity index (χ4n) is 4.36. The number of esters is 1. The summed E-state index contributed by atoms with van der Waals surface area (Å²) in [5.74, 6) is -1.82. The number of rotatable bonds is 5. The predicted octanol–water partition coefficient (Wildman–Crippen LogP) is 1.48. The van der Waals surface area contributed by atoms with Crippen molar-refractivity contribution in [1.82, 2.24) is 4.90 Å². The highest BCUT2D eigenvalue weighted by Gasteiger charge is 2.44. The molecule has 1 unspecified atom stereocenters. The molecule has 1 atom stereocenters. The average Bonchev–Trinajstić information content (AvgIpc) is 3.17. The number of benzene rings is 2. The molecule has 2 aliphatic heterocycles. The van der Waals surface area contributed by atoms with E-state index in [9.17, 15) is 19.5 Å². The van der Waals surface area contributed by atoms with E-state index in [2.05, 4.69) is 4.98 Å². The Kier molecular flexibility index (Phi) is 6.12. The number of pyridine rings is 1. The van der Waals surface area contributed by atoms with Crippen molar-refractivity contribution >= 4 is 23.4 Å². The molecule has 3 heterocycles. The molecule has 1 aromatic heterocycles. The Morgan fingerprint density at radius 3 is 2.47 bits per heavy atom. The quantitative estimate of drug-likeness (QED) is 0.232. The van der Waals surface area contributed by atoms with E-state index >= 15 is 0 Å². The summed E-state index contributed by atoms with van der Waals surface area (Å²) in [5.41, 5.74) is 1.62. The Labute approximate surface area is 206 Å². The molecule has 0 spiro atoms. The zero-order valence-corrected chi connectivity index (χ0v) is 19.4. The number of ether oxygens (including phenoxy) is 3. The molecule has 0 bridgehead atoms. The van der Waals surface area contributed by atoms with Crippen molar-refractivity contribution in [2.45, 2.75) is 12.6 Å². The lowest BCUT2D eigenvalue weighted by molar-refractivity contribution is -0.378. The number of amides is 1. The number of Topliss-reactive ketones (excluding diaryl/α,β-unsaturated/α-hetero) is 1. The molecule has 1 N–H and O–H groups in total. The molecule has 5 rings (SSSR count). The summed E-state index contributed by atoms with van der Waals surface area (Å²) in [6.45, 7) is 0.846. The lowest BCUT2D eigenvalue weighted by atomic mass is 9.94. The number of carbonyl (C=O) groups excluding carboxylic acids is 3. The molecule has 1 saturated heterocycles. The molecule has 2 aliphatic rings. The number of carbonyl (C=O) groups is 3. The van der Waals surface area contributed by atoms with Gasteiger partial charge in [0.05, 0.1) is 25.3 Å². The highest BCUT2D eigenvalue weighted by Crippen LogP contribution is 2.41. The van der Waals surface area contributed by atoms with E-state index in [1.54, 1.807) is 42.7 Å². The average molecular weight is 486 g/mol. The van der Waals surface area contributed by atoms with Gasteiger partial charge in [0.2, 0.25) is 5.78 Å². The number of aromatic amines is 1. The first-order valence-corrected chi connectivity index (χ1v) is 11.3. The van der Waals surface area contributed by atoms with Crippen LogP contribution in [-0.2, 0) is 20.9 Å². The smallest absolute Gasteiger partial charge is 0.337 e. The van der Waals surface area contributed by atoms with Gasteiger partial charge < -0.3 is 24.2 Å². The second kappa shape index (κ2) is 9.53. The molecule has 182 valence electrons. The summed E-state index contributed by atoms with van der Waals surface area (Å²) in [6, 6.07) is 13.6. The van der Waals surface area contributed by atoms with Gasteiger partial charge in [0.1, 0.15) is 13.2 Å². The first-order valence-electron chi connectivity index (χ1n) is 11.3. The van der Waals surface area contributed by atoms with Gasteiger partial charge in [-0.1, -0.05) is 24.0 Å². The van der Waals surface area contributed by atoms with Crippen LogP contribution in [0.1, 0.15) is 33.1 Å². The van der Waals surface area contributed by atoms with Gasteiger partial charge in [0.15, 0.2) is 23.9 Å². The number of nitrogens with zero attached hydrogens (tertiary/aromatic N) is 1. The van der Waals surface area contributed by atoms with Crippen molar-refractivity contribution in [2.75, 3.05) is 20.3 Å². The molecular formula is C27H22N2O7. The van der Waals surface area contributed by atoms with Crippen molar-refractivity contribution in [3.05, 3.63) is 94.8 Å². The second-order valence-corrected chi connectivity index (χ2v) is 8.29. The van der Waals surface area contributed by atoms with Crippen LogP contribution in [0.25, 0.3) is 5.76 Å². The Balaban J connectivity index is 1.62. The van der Waals surface area contributed by atoms with Crippen LogP contribution in [0.3, 0.4) is 0 Å². The highest BCUT2D eigenvalue weighted by atomic mass is 16.6. The highest BCUT2D eigenvalue weighted by molar-refractivity contribution is 6.46. The van der Waals surface area contributed by atoms with E-state index in [0.717, 1.165) is 5.56 Å². The van der Waals surface area contributed by atoms with Gasteiger partial charge in [-0.25, -0.2) is 9.78 Å². The summed E-state index contributed by atoms with van der Waals surface area (Å²) in [7, 11) is 1.28. The molecule has 0 saturated carbocycles. The van der Waals surface area contributed by atoms with E-state index in [1.807, 2.05) is 6.07 Å². The van der Waals surface area contributed by atoms with Crippen LogP contribution >= 0.6 is 0 Å². The van der Waals surface area contributed by atoms with Crippen molar-refractivity contribution in [3.63, 3.8) is 0 Å². The van der Waals surface area contributed by atoms with Gasteiger partial charge in [-0.2, -0.15) is 0 Å². The van der Waals surface area contributed by atoms with Crippen molar-refractivity contribution in [2.24, 2.45) is 0 Å². The van der Waals surface area contributed by atoms with Gasteiger partial charge in [-0.15, -0.1) is 0 Å². The van der Waals surface area contributed by atoms with E-state index in [1.165, 1.54) is 30.2 Å². The maximum atomic E-state index is 13.7. The summed E-state index contributed by atoms with van der Waals surface area (Å²) < 4.78 is 15.9. The van der Waals surface area contributed by atoms with Crippen LogP contribution < -0.4 is 19.6 Å². The third-order valence-electron chi connectivity index (χ3n) is 6.11. The number of hydrogen-bond donors (Lipinski definition) is 0. The van der Waals surface area contributed by atoms with Gasteiger partial charge >= 0.3 is 5.97 Å². The fourth-order valence-corrected chi connectivity index (χ4v) is 4.36. The summed E-state index contributed by atoms with van der Waals surface area (Å²) in [6.07, 6.45) is 3.45. The van der Waals surface area contributed by atoms with Crippen LogP contribution in [0.4, 0.5) is 0 Å². The van der Waals surface area contributed by atoms with Crippen molar-refractivity contribution < 1.29 is 38.7 Å². The lowest BCUT2D eigenvalue weighted by Crippen LogP contribution is -2.29. The summed E-state index contributed by atoms with van der Waals surface area (Å²) in [5, 5.41) is 13.7. The minimum absolute atomic E-state index is 0.100. The van der Waals surface area contributed by atoms with E-state index in [0.29, 0.717) is 35.8 Å². The number of hydrogen-bond acceptors (Lipinski definition) is 7. The SMILES string of the molecule is COC(=O)c1ccc(C2C(=C([O-])c3ccc4c(c3)OCCO4)C(=O)C(=O)N2Cc2ccc[nH+]c2)cc1. The largest absolute Gasteiger partial charge is 0.872 e. The van der Waals surface area contributed by atoms with Crippen molar-refractivity contribution in [1.29, 1.82) is 0 Å². The third kappa shape index (κ3) is 4.15. The zero-order chi connectivity index (χ0) is 25.2. The zero-order valence-electron chi connectivity index (χ0n) is 19.4. The number of aromatic nitrogens is 1. The second-order valence-electron chi connectivity index (χ2n) is 8.29. The minimum atomic E-state index is -0.947. The van der Waals surface area contributed by atoms with Gasteiger partial charge in [0.25, 0.3) is 5.91 Å². The first kappa shape index (κ1) is 23.1. The Bertz CT molecular complexity index is 1370. The van der Waals surface area contributed by atoms with Crippen LogP contribution in [0, 0.1) is 0 Å². The van der Waals surface area contributed by atoms with Gasteiger partial charge in [-0.05, 0) is 41.5 Å². The molecule has 9 nitrogen and oxygen atoms in total. The predicted molar refractivity (Wildman–Crippen MR) is 123 cm³/mol. The van der Waals surface area contributed by atoms with E-state index in [4.69, 9.17) is 14.2 Å². The molecule has 36 heavy (non-hydrogen) atoms. The molecule has 1 fully saturated rings. The van der Waals surface area contributed by atoms with Crippen molar-refractivity contribution in [3.8, 4) is 11.5 Å². The maximum absolute atomic E-state index is 13.7. The molecule has 2 aromatic carbocycles. The number of nitrogens with one attached hydrogen (secondary N) is 1. The van der Waals surface area contributed by atoms with Crippen LogP contribution in [0.2, 0.25) is 0 Å². The normalized spacial score (nSPS) is 18.2. The first-order chi connectivity index (χ1) is 17.5. The van der Waals surface area contributed by atoms with Crippen LogP contribution in [-0.4, -0.2) is 42.9 Å². The van der Waals surface area contributed by atoms with Crippen LogP contribution in [0.5, 0.6) is 11.5 Å². The van der Waals surface area contributed by atoms with E-state index in [-0.39, 0.29) is 17.7 Å². The maximum Gasteiger partial charge on any atom is 0.337 e. The topological polar surface area (TPSA) is 119 Å². The minimum Gasteiger partial charge on any atom is -0.872 e. The lowest BCUT2D eigenvalue weighted by Gasteiger charge is -2.28. The molecule has 0 radical (unpaired) electrons. The standard InChI is InChI=1S/C27H22N2O7/c1-34-27(33)18-6-4-17(5-7-18)23-22(24(30)19-8-9-20-21(13-19)36-12-11-35-20)25(31)26(32)29(23)15-16-3-2-10-28-14-16/h2-10,13-14,23,30H,11-12,15H2,1H3. The summed E-state index contributed by atoms with van der Waals surface area (Å²) in [4.78, 5) is 42.6. The molecular weight excluding hydrogens is 464 g/mol. The van der Waals surface area contributed by atoms with Gasteiger partial charge in [-0.3, -0.25) is 9.59 Å². The molecule has 9 heteroatoms. The van der Waals surface area contributed by atoms with E-state index < -0.39 is 29.5 Å². The summed E-state index contributed by atoms with van der Waals surface area (Å²) >= 11 is 0. The number of H-pyrrole nitrogens is 1. The Morgan fingerprint density at radius 1 is 1.06 bits per heavy atom. The fraction of sp³-hybridized carbons (Fsp3) is 0.185.